The third-order valence-electron chi connectivity index (χ3n) is 3.52. The Balaban J connectivity index is 2.61. The number of fused-ring (bicyclic) bond motifs is 1. The number of hydrogen-bond acceptors (Lipinski definition) is 2. The van der Waals surface area contributed by atoms with Gasteiger partial charge in [-0.1, -0.05) is 31.8 Å². The summed E-state index contributed by atoms with van der Waals surface area (Å²) in [6.07, 6.45) is 0. The van der Waals surface area contributed by atoms with Crippen LogP contribution < -0.4 is 8.80 Å². The van der Waals surface area contributed by atoms with Crippen LogP contribution in [0.5, 0.6) is 0 Å². The molecule has 1 aliphatic rings. The van der Waals surface area contributed by atoms with Crippen LogP contribution in [0.2, 0.25) is 32.7 Å². The molecule has 0 spiro atoms. The van der Waals surface area contributed by atoms with Crippen molar-refractivity contribution >= 4 is 28.0 Å². The summed E-state index contributed by atoms with van der Waals surface area (Å²) >= 11 is 0. The van der Waals surface area contributed by atoms with Crippen molar-refractivity contribution in [2.75, 3.05) is 15.8 Å². The standard InChI is InChI=1S/C12H22N2Si2/c1-13-11-9-7-8-10-12(11)14(15(2,3)4)16(13,5)6/h7-10H,1-6H3. The van der Waals surface area contributed by atoms with Crippen molar-refractivity contribution in [3.05, 3.63) is 24.3 Å². The Morgan fingerprint density at radius 3 is 2.00 bits per heavy atom. The van der Waals surface area contributed by atoms with E-state index in [2.05, 4.69) is 72.8 Å². The zero-order chi connectivity index (χ0) is 12.1. The number of rotatable bonds is 1. The van der Waals surface area contributed by atoms with Crippen LogP contribution in [0.4, 0.5) is 11.4 Å². The third kappa shape index (κ3) is 1.51. The largest absolute Gasteiger partial charge is 0.407 e. The first-order chi connectivity index (χ1) is 7.26. The smallest absolute Gasteiger partial charge is 0.249 e. The Kier molecular flexibility index (Phi) is 2.47. The predicted molar refractivity (Wildman–Crippen MR) is 78.2 cm³/mol. The first-order valence-corrected chi connectivity index (χ1v) is 12.2. The van der Waals surface area contributed by atoms with Gasteiger partial charge < -0.3 is 8.80 Å². The van der Waals surface area contributed by atoms with Gasteiger partial charge in [0.2, 0.25) is 8.40 Å². The number of benzene rings is 1. The molecule has 0 N–H and O–H groups in total. The fraction of sp³-hybridized carbons (Fsp3) is 0.500. The molecule has 16 heavy (non-hydrogen) atoms. The van der Waals surface area contributed by atoms with Gasteiger partial charge in [-0.2, -0.15) is 0 Å². The first kappa shape index (κ1) is 11.7. The van der Waals surface area contributed by atoms with E-state index in [4.69, 9.17) is 0 Å². The molecule has 0 bridgehead atoms. The normalized spacial score (nSPS) is 18.9. The minimum absolute atomic E-state index is 1.30. The monoisotopic (exact) mass is 250 g/mol. The third-order valence-corrected chi connectivity index (χ3v) is 12.0. The van der Waals surface area contributed by atoms with Crippen molar-refractivity contribution in [3.8, 4) is 0 Å². The molecule has 0 fully saturated rings. The molecule has 1 aromatic rings. The summed E-state index contributed by atoms with van der Waals surface area (Å²) in [5.41, 5.74) is 2.88. The Morgan fingerprint density at radius 1 is 1.00 bits per heavy atom. The van der Waals surface area contributed by atoms with E-state index in [1.54, 1.807) is 0 Å². The molecule has 1 heterocycles. The molecule has 1 aromatic carbocycles. The highest BCUT2D eigenvalue weighted by Crippen LogP contribution is 2.44. The minimum atomic E-state index is -1.48. The minimum Gasteiger partial charge on any atom is -0.407 e. The maximum atomic E-state index is 2.77. The second kappa shape index (κ2) is 3.37. The SMILES string of the molecule is CN1c2ccccc2N([Si](C)(C)C)[Si]1(C)C. The van der Waals surface area contributed by atoms with E-state index in [0.717, 1.165) is 0 Å². The lowest BCUT2D eigenvalue weighted by Gasteiger charge is -2.44. The second-order valence-corrected chi connectivity index (χ2v) is 15.4. The lowest BCUT2D eigenvalue weighted by Crippen LogP contribution is -2.65. The van der Waals surface area contributed by atoms with Crippen molar-refractivity contribution in [2.45, 2.75) is 32.7 Å². The summed E-state index contributed by atoms with van der Waals surface area (Å²) in [4.78, 5) is 0. The molecule has 0 unspecified atom stereocenters. The van der Waals surface area contributed by atoms with Crippen molar-refractivity contribution < 1.29 is 0 Å². The van der Waals surface area contributed by atoms with Gasteiger partial charge in [0.1, 0.15) is 8.24 Å². The van der Waals surface area contributed by atoms with Crippen molar-refractivity contribution in [1.82, 2.24) is 0 Å². The van der Waals surface area contributed by atoms with E-state index in [0.29, 0.717) is 0 Å². The van der Waals surface area contributed by atoms with E-state index in [9.17, 15) is 0 Å². The van der Waals surface area contributed by atoms with Crippen molar-refractivity contribution in [1.29, 1.82) is 0 Å². The van der Waals surface area contributed by atoms with Gasteiger partial charge >= 0.3 is 0 Å². The molecular formula is C12H22N2Si2. The quantitative estimate of drug-likeness (QED) is 0.704. The molecule has 0 saturated heterocycles. The fourth-order valence-electron chi connectivity index (χ4n) is 2.86. The highest BCUT2D eigenvalue weighted by molar-refractivity contribution is 7.02. The van der Waals surface area contributed by atoms with Crippen LogP contribution in [0.3, 0.4) is 0 Å². The van der Waals surface area contributed by atoms with Gasteiger partial charge in [-0.25, -0.2) is 0 Å². The van der Waals surface area contributed by atoms with Gasteiger partial charge in [0.15, 0.2) is 0 Å². The molecule has 88 valence electrons. The maximum absolute atomic E-state index is 2.77. The summed E-state index contributed by atoms with van der Waals surface area (Å²) in [6.45, 7) is 12.2. The highest BCUT2D eigenvalue weighted by Gasteiger charge is 2.47. The van der Waals surface area contributed by atoms with E-state index in [1.165, 1.54) is 11.4 Å². The van der Waals surface area contributed by atoms with Gasteiger partial charge in [0, 0.05) is 5.69 Å². The van der Waals surface area contributed by atoms with Crippen molar-refractivity contribution in [3.63, 3.8) is 0 Å². The molecule has 2 rings (SSSR count). The summed E-state index contributed by atoms with van der Waals surface area (Å²) in [6, 6.07) is 8.85. The van der Waals surface area contributed by atoms with Crippen molar-refractivity contribution in [2.24, 2.45) is 0 Å². The molecular weight excluding hydrogens is 228 g/mol. The lowest BCUT2D eigenvalue weighted by molar-refractivity contribution is 1.27. The molecule has 0 atom stereocenters. The molecule has 0 saturated carbocycles. The number of hydrogen-bond donors (Lipinski definition) is 0. The summed E-state index contributed by atoms with van der Waals surface area (Å²) in [5.74, 6) is 0. The average molecular weight is 250 g/mol. The Hall–Kier alpha value is -0.746. The zero-order valence-corrected chi connectivity index (χ0v) is 13.2. The molecule has 0 aromatic heterocycles. The topological polar surface area (TPSA) is 6.48 Å². The zero-order valence-electron chi connectivity index (χ0n) is 11.2. The van der Waals surface area contributed by atoms with Crippen LogP contribution in [0.15, 0.2) is 24.3 Å². The molecule has 0 amide bonds. The molecule has 0 aliphatic carbocycles. The van der Waals surface area contributed by atoms with Gasteiger partial charge in [-0.15, -0.1) is 0 Å². The summed E-state index contributed by atoms with van der Waals surface area (Å²) in [5, 5.41) is 0. The summed E-state index contributed by atoms with van der Waals surface area (Å²) < 4.78 is 5.30. The average Bonchev–Trinajstić information content (AvgIpc) is 2.34. The van der Waals surface area contributed by atoms with E-state index < -0.39 is 16.6 Å². The highest BCUT2D eigenvalue weighted by atomic mass is 28.4. The first-order valence-electron chi connectivity index (χ1n) is 5.89. The molecule has 4 heteroatoms. The van der Waals surface area contributed by atoms with E-state index >= 15 is 0 Å². The van der Waals surface area contributed by atoms with Crippen LogP contribution in [-0.2, 0) is 0 Å². The second-order valence-electron chi connectivity index (χ2n) is 6.05. The van der Waals surface area contributed by atoms with Gasteiger partial charge in [0.25, 0.3) is 0 Å². The Bertz CT molecular complexity index is 410. The van der Waals surface area contributed by atoms with E-state index in [-0.39, 0.29) is 0 Å². The van der Waals surface area contributed by atoms with E-state index in [1.807, 2.05) is 0 Å². The van der Waals surface area contributed by atoms with Crippen LogP contribution in [0.25, 0.3) is 0 Å². The lowest BCUT2D eigenvalue weighted by atomic mass is 10.3. The van der Waals surface area contributed by atoms with Crippen LogP contribution in [-0.4, -0.2) is 23.7 Å². The van der Waals surface area contributed by atoms with Gasteiger partial charge in [-0.05, 0) is 32.3 Å². The summed E-state index contributed by atoms with van der Waals surface area (Å²) in [7, 11) is -0.529. The Labute approximate surface area is 101 Å². The molecule has 1 aliphatic heterocycles. The van der Waals surface area contributed by atoms with Crippen LogP contribution >= 0.6 is 0 Å². The van der Waals surface area contributed by atoms with Gasteiger partial charge in [0.05, 0.1) is 5.69 Å². The Morgan fingerprint density at radius 2 is 1.50 bits per heavy atom. The van der Waals surface area contributed by atoms with Crippen LogP contribution in [0, 0.1) is 0 Å². The maximum Gasteiger partial charge on any atom is 0.249 e. The number of nitrogens with zero attached hydrogens (tertiary/aromatic N) is 2. The molecule has 2 nitrogen and oxygen atoms in total. The fourth-order valence-corrected chi connectivity index (χ4v) is 12.6. The predicted octanol–water partition coefficient (Wildman–Crippen LogP) is 3.48. The number of para-hydroxylation sites is 2. The molecule has 0 radical (unpaired) electrons. The number of anilines is 2. The van der Waals surface area contributed by atoms with Crippen LogP contribution in [0.1, 0.15) is 0 Å². The van der Waals surface area contributed by atoms with Gasteiger partial charge in [-0.3, -0.25) is 0 Å².